The van der Waals surface area contributed by atoms with Crippen LogP contribution in [0.4, 0.5) is 0 Å². The number of carbonyl (C=O) groups is 1. The summed E-state index contributed by atoms with van der Waals surface area (Å²) in [5, 5.41) is 10.7. The lowest BCUT2D eigenvalue weighted by molar-refractivity contribution is -0.158. The topological polar surface area (TPSA) is 49.8 Å². The summed E-state index contributed by atoms with van der Waals surface area (Å²) < 4.78 is 6.37. The van der Waals surface area contributed by atoms with Crippen molar-refractivity contribution in [1.82, 2.24) is 4.90 Å². The van der Waals surface area contributed by atoms with Gasteiger partial charge in [0, 0.05) is 29.3 Å². The smallest absolute Gasteiger partial charge is 0.254 e. The van der Waals surface area contributed by atoms with Gasteiger partial charge in [0.15, 0.2) is 0 Å². The van der Waals surface area contributed by atoms with Crippen LogP contribution >= 0.6 is 11.3 Å². The van der Waals surface area contributed by atoms with E-state index in [-0.39, 0.29) is 11.5 Å². The standard InChI is InChI=1S/C23H27NO3S/c25-21(22(26)9-4-5-10-22)24-13-11-23(12-14-24)18-16-20(17-6-2-1-3-7-17)28-19(18)8-15-27-23/h1-3,6-7,16,26H,4-5,8-15H2. The molecular weight excluding hydrogens is 370 g/mol. The second-order valence-corrected chi connectivity index (χ2v) is 9.57. The van der Waals surface area contributed by atoms with Gasteiger partial charge < -0.3 is 14.7 Å². The number of piperidine rings is 1. The SMILES string of the molecule is O=C(N1CCC2(CC1)OCCc1sc(-c3ccccc3)cc12)C1(O)CCCC1. The van der Waals surface area contributed by atoms with Crippen molar-refractivity contribution < 1.29 is 14.6 Å². The Morgan fingerprint density at radius 3 is 2.50 bits per heavy atom. The number of thiophene rings is 1. The van der Waals surface area contributed by atoms with E-state index in [0.29, 0.717) is 25.9 Å². The monoisotopic (exact) mass is 397 g/mol. The predicted octanol–water partition coefficient (Wildman–Crippen LogP) is 4.11. The molecule has 2 fully saturated rings. The lowest BCUT2D eigenvalue weighted by Crippen LogP contribution is -2.53. The predicted molar refractivity (Wildman–Crippen MR) is 110 cm³/mol. The van der Waals surface area contributed by atoms with Crippen LogP contribution in [0.25, 0.3) is 10.4 Å². The molecule has 4 nitrogen and oxygen atoms in total. The summed E-state index contributed by atoms with van der Waals surface area (Å²) in [6.45, 7) is 2.08. The molecule has 1 saturated carbocycles. The molecule has 0 unspecified atom stereocenters. The van der Waals surface area contributed by atoms with Gasteiger partial charge in [0.25, 0.3) is 5.91 Å². The molecular formula is C23H27NO3S. The van der Waals surface area contributed by atoms with Crippen LogP contribution in [0.2, 0.25) is 0 Å². The lowest BCUT2D eigenvalue weighted by Gasteiger charge is -2.45. The van der Waals surface area contributed by atoms with Crippen LogP contribution in [0.1, 0.15) is 49.0 Å². The summed E-state index contributed by atoms with van der Waals surface area (Å²) in [6, 6.07) is 12.8. The van der Waals surface area contributed by atoms with Crippen molar-refractivity contribution in [2.45, 2.75) is 56.1 Å². The summed E-state index contributed by atoms with van der Waals surface area (Å²) in [5.41, 5.74) is 1.19. The largest absolute Gasteiger partial charge is 0.380 e. The van der Waals surface area contributed by atoms with Crippen molar-refractivity contribution in [2.24, 2.45) is 0 Å². The van der Waals surface area contributed by atoms with Gasteiger partial charge in [-0.05, 0) is 55.7 Å². The van der Waals surface area contributed by atoms with Crippen LogP contribution in [-0.2, 0) is 21.6 Å². The van der Waals surface area contributed by atoms with Crippen molar-refractivity contribution in [3.8, 4) is 10.4 Å². The van der Waals surface area contributed by atoms with E-state index in [1.165, 1.54) is 20.9 Å². The van der Waals surface area contributed by atoms with Crippen molar-refractivity contribution in [3.63, 3.8) is 0 Å². The molecule has 5 rings (SSSR count). The molecule has 2 aliphatic heterocycles. The second-order valence-electron chi connectivity index (χ2n) is 8.44. The summed E-state index contributed by atoms with van der Waals surface area (Å²) >= 11 is 1.88. The number of hydrogen-bond donors (Lipinski definition) is 1. The minimum absolute atomic E-state index is 0.0637. The highest BCUT2D eigenvalue weighted by Crippen LogP contribution is 2.47. The Bertz CT molecular complexity index is 861. The highest BCUT2D eigenvalue weighted by atomic mass is 32.1. The van der Waals surface area contributed by atoms with Crippen LogP contribution in [0, 0.1) is 0 Å². The number of amides is 1. The van der Waals surface area contributed by atoms with E-state index >= 15 is 0 Å². The first kappa shape index (κ1) is 18.3. The molecule has 2 aromatic rings. The van der Waals surface area contributed by atoms with E-state index < -0.39 is 5.60 Å². The van der Waals surface area contributed by atoms with Crippen molar-refractivity contribution in [1.29, 1.82) is 0 Å². The van der Waals surface area contributed by atoms with E-state index in [4.69, 9.17) is 4.74 Å². The number of benzene rings is 1. The van der Waals surface area contributed by atoms with Crippen molar-refractivity contribution in [3.05, 3.63) is 46.8 Å². The second kappa shape index (κ2) is 6.97. The van der Waals surface area contributed by atoms with Crippen molar-refractivity contribution in [2.75, 3.05) is 19.7 Å². The van der Waals surface area contributed by atoms with Gasteiger partial charge in [-0.1, -0.05) is 30.3 Å². The molecule has 148 valence electrons. The minimum Gasteiger partial charge on any atom is -0.380 e. The van der Waals surface area contributed by atoms with Gasteiger partial charge in [0.1, 0.15) is 5.60 Å². The normalized spacial score (nSPS) is 23.0. The lowest BCUT2D eigenvalue weighted by atomic mass is 9.81. The average molecular weight is 398 g/mol. The first-order chi connectivity index (χ1) is 13.6. The van der Waals surface area contributed by atoms with Gasteiger partial charge in [-0.25, -0.2) is 0 Å². The third-order valence-electron chi connectivity index (χ3n) is 6.75. The fourth-order valence-corrected chi connectivity index (χ4v) is 6.35. The van der Waals surface area contributed by atoms with Crippen LogP contribution in [0.3, 0.4) is 0 Å². The quantitative estimate of drug-likeness (QED) is 0.830. The number of ether oxygens (including phenoxy) is 1. The number of nitrogens with zero attached hydrogens (tertiary/aromatic N) is 1. The van der Waals surface area contributed by atoms with Crippen LogP contribution < -0.4 is 0 Å². The van der Waals surface area contributed by atoms with Crippen LogP contribution in [-0.4, -0.2) is 41.2 Å². The summed E-state index contributed by atoms with van der Waals surface area (Å²) in [4.78, 5) is 17.5. The molecule has 28 heavy (non-hydrogen) atoms. The number of carbonyl (C=O) groups excluding carboxylic acids is 1. The number of aliphatic hydroxyl groups is 1. The first-order valence-corrected chi connectivity index (χ1v) is 11.3. The molecule has 0 radical (unpaired) electrons. The van der Waals surface area contributed by atoms with Gasteiger partial charge in [-0.3, -0.25) is 4.79 Å². The van der Waals surface area contributed by atoms with Gasteiger partial charge in [0.2, 0.25) is 0 Å². The van der Waals surface area contributed by atoms with E-state index in [0.717, 1.165) is 38.7 Å². The third kappa shape index (κ3) is 3.00. The van der Waals surface area contributed by atoms with E-state index in [1.807, 2.05) is 22.3 Å². The molecule has 3 heterocycles. The molecule has 1 aromatic carbocycles. The number of fused-ring (bicyclic) bond motifs is 2. The zero-order chi connectivity index (χ0) is 19.2. The molecule has 1 aliphatic carbocycles. The number of rotatable bonds is 2. The maximum absolute atomic E-state index is 12.9. The number of likely N-dealkylation sites (tertiary alicyclic amines) is 1. The molecule has 1 saturated heterocycles. The molecule has 5 heteroatoms. The maximum atomic E-state index is 12.9. The van der Waals surface area contributed by atoms with E-state index in [2.05, 4.69) is 30.3 Å². The maximum Gasteiger partial charge on any atom is 0.254 e. The zero-order valence-corrected chi connectivity index (χ0v) is 17.0. The molecule has 1 aromatic heterocycles. The molecule has 1 amide bonds. The van der Waals surface area contributed by atoms with Gasteiger partial charge in [-0.15, -0.1) is 11.3 Å². The summed E-state index contributed by atoms with van der Waals surface area (Å²) in [6.07, 6.45) is 5.71. The van der Waals surface area contributed by atoms with Crippen LogP contribution in [0.5, 0.6) is 0 Å². The highest BCUT2D eigenvalue weighted by molar-refractivity contribution is 7.15. The fourth-order valence-electron chi connectivity index (χ4n) is 5.11. The Balaban J connectivity index is 1.37. The van der Waals surface area contributed by atoms with E-state index in [9.17, 15) is 9.90 Å². The minimum atomic E-state index is -1.12. The Hall–Kier alpha value is -1.69. The van der Waals surface area contributed by atoms with Gasteiger partial charge in [-0.2, -0.15) is 0 Å². The Labute approximate surface area is 170 Å². The molecule has 0 atom stereocenters. The number of hydrogen-bond acceptors (Lipinski definition) is 4. The zero-order valence-electron chi connectivity index (χ0n) is 16.2. The molecule has 1 N–H and O–H groups in total. The fraction of sp³-hybridized carbons (Fsp3) is 0.522. The van der Waals surface area contributed by atoms with Crippen LogP contribution in [0.15, 0.2) is 36.4 Å². The first-order valence-electron chi connectivity index (χ1n) is 10.4. The molecule has 3 aliphatic rings. The average Bonchev–Trinajstić information content (AvgIpc) is 3.37. The Morgan fingerprint density at radius 2 is 1.79 bits per heavy atom. The summed E-state index contributed by atoms with van der Waals surface area (Å²) in [7, 11) is 0. The molecule has 1 spiro atoms. The van der Waals surface area contributed by atoms with Gasteiger partial charge >= 0.3 is 0 Å². The van der Waals surface area contributed by atoms with Gasteiger partial charge in [0.05, 0.1) is 12.2 Å². The highest BCUT2D eigenvalue weighted by Gasteiger charge is 2.47. The Kier molecular flexibility index (Phi) is 4.57. The third-order valence-corrected chi connectivity index (χ3v) is 8.00. The molecule has 0 bridgehead atoms. The summed E-state index contributed by atoms with van der Waals surface area (Å²) in [5.74, 6) is -0.0637. The van der Waals surface area contributed by atoms with E-state index in [1.54, 1.807) is 0 Å². The van der Waals surface area contributed by atoms with Crippen molar-refractivity contribution >= 4 is 17.2 Å². The Morgan fingerprint density at radius 1 is 1.07 bits per heavy atom.